The molecule has 0 saturated carbocycles. The highest BCUT2D eigenvalue weighted by atomic mass is 32.2. The Morgan fingerprint density at radius 3 is 2.33 bits per heavy atom. The van der Waals surface area contributed by atoms with Crippen LogP contribution in [-0.4, -0.2) is 26.9 Å². The summed E-state index contributed by atoms with van der Waals surface area (Å²) in [5.41, 5.74) is 11.4. The zero-order valence-corrected chi connectivity index (χ0v) is 13.6. The van der Waals surface area contributed by atoms with Crippen LogP contribution < -0.4 is 16.2 Å². The van der Waals surface area contributed by atoms with Gasteiger partial charge in [-0.3, -0.25) is 4.79 Å². The molecule has 0 bridgehead atoms. The molecule has 0 heterocycles. The molecular formula is C14H23N3O3S. The van der Waals surface area contributed by atoms with Crippen molar-refractivity contribution in [2.75, 3.05) is 6.54 Å². The third kappa shape index (κ3) is 4.26. The van der Waals surface area contributed by atoms with E-state index in [1.165, 1.54) is 12.1 Å². The quantitative estimate of drug-likeness (QED) is 0.743. The van der Waals surface area contributed by atoms with Crippen LogP contribution in [0, 0.1) is 12.3 Å². The molecule has 0 aliphatic heterocycles. The Morgan fingerprint density at radius 1 is 1.33 bits per heavy atom. The Balaban J connectivity index is 3.20. The standard InChI is InChI=1S/C14H23N3O3S/c1-9-5-6-10(7-11(9)13(16)18)21(19,20)17-12(8-15)14(2,3)4/h5-7,12,17H,8,15H2,1-4H3,(H2,16,18). The first-order valence-electron chi connectivity index (χ1n) is 6.62. The number of primary amides is 1. The number of nitrogens with two attached hydrogens (primary N) is 2. The Hall–Kier alpha value is -1.44. The Morgan fingerprint density at radius 2 is 1.90 bits per heavy atom. The lowest BCUT2D eigenvalue weighted by Crippen LogP contribution is -2.48. The van der Waals surface area contributed by atoms with Crippen molar-refractivity contribution in [3.63, 3.8) is 0 Å². The lowest BCUT2D eigenvalue weighted by atomic mass is 9.88. The van der Waals surface area contributed by atoms with E-state index in [9.17, 15) is 13.2 Å². The SMILES string of the molecule is Cc1ccc(S(=O)(=O)NC(CN)C(C)(C)C)cc1C(N)=O. The van der Waals surface area contributed by atoms with Crippen LogP contribution in [0.5, 0.6) is 0 Å². The summed E-state index contributed by atoms with van der Waals surface area (Å²) >= 11 is 0. The molecule has 6 nitrogen and oxygen atoms in total. The number of carbonyl (C=O) groups is 1. The second-order valence-electron chi connectivity index (χ2n) is 6.12. The molecular weight excluding hydrogens is 290 g/mol. The number of nitrogens with one attached hydrogen (secondary N) is 1. The van der Waals surface area contributed by atoms with Crippen molar-refractivity contribution < 1.29 is 13.2 Å². The van der Waals surface area contributed by atoms with E-state index in [1.54, 1.807) is 13.0 Å². The fourth-order valence-corrected chi connectivity index (χ4v) is 3.35. The summed E-state index contributed by atoms with van der Waals surface area (Å²) in [7, 11) is -3.77. The predicted octanol–water partition coefficient (Wildman–Crippen LogP) is 0.746. The lowest BCUT2D eigenvalue weighted by molar-refractivity contribution is 0.0999. The van der Waals surface area contributed by atoms with Crippen LogP contribution in [0.25, 0.3) is 0 Å². The molecule has 0 fully saturated rings. The van der Waals surface area contributed by atoms with Gasteiger partial charge in [0.15, 0.2) is 0 Å². The van der Waals surface area contributed by atoms with Gasteiger partial charge in [-0.05, 0) is 30.0 Å². The van der Waals surface area contributed by atoms with Gasteiger partial charge < -0.3 is 11.5 Å². The van der Waals surface area contributed by atoms with Gasteiger partial charge in [0.05, 0.1) is 4.90 Å². The highest BCUT2D eigenvalue weighted by molar-refractivity contribution is 7.89. The van der Waals surface area contributed by atoms with E-state index in [-0.39, 0.29) is 22.4 Å². The average Bonchev–Trinajstić information content (AvgIpc) is 2.34. The maximum Gasteiger partial charge on any atom is 0.249 e. The minimum atomic E-state index is -3.77. The molecule has 0 aliphatic rings. The van der Waals surface area contributed by atoms with Crippen LogP contribution in [-0.2, 0) is 10.0 Å². The van der Waals surface area contributed by atoms with Crippen molar-refractivity contribution in [1.82, 2.24) is 4.72 Å². The first kappa shape index (κ1) is 17.6. The number of hydrogen-bond acceptors (Lipinski definition) is 4. The largest absolute Gasteiger partial charge is 0.366 e. The minimum absolute atomic E-state index is 0.00426. The molecule has 1 aromatic carbocycles. The molecule has 5 N–H and O–H groups in total. The van der Waals surface area contributed by atoms with Gasteiger partial charge in [-0.1, -0.05) is 26.8 Å². The fraction of sp³-hybridized carbons (Fsp3) is 0.500. The van der Waals surface area contributed by atoms with Crippen LogP contribution in [0.3, 0.4) is 0 Å². The summed E-state index contributed by atoms with van der Waals surface area (Å²) < 4.78 is 27.4. The first-order valence-corrected chi connectivity index (χ1v) is 8.10. The van der Waals surface area contributed by atoms with Gasteiger partial charge in [-0.15, -0.1) is 0 Å². The molecule has 0 spiro atoms. The molecule has 118 valence electrons. The Kier molecular flexibility index (Phi) is 5.14. The molecule has 0 aliphatic carbocycles. The van der Waals surface area contributed by atoms with Gasteiger partial charge in [0, 0.05) is 18.2 Å². The van der Waals surface area contributed by atoms with E-state index >= 15 is 0 Å². The molecule has 1 aromatic rings. The highest BCUT2D eigenvalue weighted by Gasteiger charge is 2.29. The predicted molar refractivity (Wildman–Crippen MR) is 82.3 cm³/mol. The van der Waals surface area contributed by atoms with Gasteiger partial charge in [0.25, 0.3) is 0 Å². The molecule has 0 saturated heterocycles. The fourth-order valence-electron chi connectivity index (χ4n) is 1.87. The van der Waals surface area contributed by atoms with Crippen LogP contribution in [0.15, 0.2) is 23.1 Å². The molecule has 0 aromatic heterocycles. The average molecular weight is 313 g/mol. The Bertz CT molecular complexity index is 633. The zero-order chi connectivity index (χ0) is 16.4. The third-order valence-corrected chi connectivity index (χ3v) is 4.83. The summed E-state index contributed by atoms with van der Waals surface area (Å²) in [5, 5.41) is 0. The molecule has 1 rings (SSSR count). The van der Waals surface area contributed by atoms with Crippen molar-refractivity contribution in [2.24, 2.45) is 16.9 Å². The second kappa shape index (κ2) is 6.13. The van der Waals surface area contributed by atoms with E-state index in [0.717, 1.165) is 0 Å². The van der Waals surface area contributed by atoms with E-state index in [2.05, 4.69) is 4.72 Å². The van der Waals surface area contributed by atoms with Crippen LogP contribution in [0.1, 0.15) is 36.7 Å². The minimum Gasteiger partial charge on any atom is -0.366 e. The van der Waals surface area contributed by atoms with Crippen molar-refractivity contribution in [1.29, 1.82) is 0 Å². The summed E-state index contributed by atoms with van der Waals surface area (Å²) in [5.74, 6) is -0.657. The van der Waals surface area contributed by atoms with Crippen molar-refractivity contribution in [3.8, 4) is 0 Å². The monoisotopic (exact) mass is 313 g/mol. The topological polar surface area (TPSA) is 115 Å². The van der Waals surface area contributed by atoms with Crippen molar-refractivity contribution >= 4 is 15.9 Å². The third-order valence-electron chi connectivity index (χ3n) is 3.36. The van der Waals surface area contributed by atoms with Gasteiger partial charge >= 0.3 is 0 Å². The summed E-state index contributed by atoms with van der Waals surface area (Å²) in [6, 6.07) is 3.88. The summed E-state index contributed by atoms with van der Waals surface area (Å²) in [6.45, 7) is 7.57. The molecule has 0 radical (unpaired) electrons. The number of benzene rings is 1. The zero-order valence-electron chi connectivity index (χ0n) is 12.8. The van der Waals surface area contributed by atoms with Gasteiger partial charge in [-0.25, -0.2) is 13.1 Å². The number of hydrogen-bond donors (Lipinski definition) is 3. The van der Waals surface area contributed by atoms with Crippen LogP contribution >= 0.6 is 0 Å². The number of amides is 1. The van der Waals surface area contributed by atoms with E-state index in [1.807, 2.05) is 20.8 Å². The van der Waals surface area contributed by atoms with E-state index in [0.29, 0.717) is 5.56 Å². The summed E-state index contributed by atoms with van der Waals surface area (Å²) in [6.07, 6.45) is 0. The maximum absolute atomic E-state index is 12.4. The number of sulfonamides is 1. The van der Waals surface area contributed by atoms with Gasteiger partial charge in [-0.2, -0.15) is 0 Å². The molecule has 21 heavy (non-hydrogen) atoms. The first-order chi connectivity index (χ1) is 9.49. The van der Waals surface area contributed by atoms with Crippen LogP contribution in [0.4, 0.5) is 0 Å². The number of aryl methyl sites for hydroxylation is 1. The summed E-state index contributed by atoms with van der Waals surface area (Å²) in [4.78, 5) is 11.3. The molecule has 1 atom stereocenters. The van der Waals surface area contributed by atoms with Crippen molar-refractivity contribution in [3.05, 3.63) is 29.3 Å². The number of rotatable bonds is 5. The van der Waals surface area contributed by atoms with Gasteiger partial charge in [0.1, 0.15) is 0 Å². The maximum atomic E-state index is 12.4. The molecule has 1 amide bonds. The highest BCUT2D eigenvalue weighted by Crippen LogP contribution is 2.22. The smallest absolute Gasteiger partial charge is 0.249 e. The number of carbonyl (C=O) groups excluding carboxylic acids is 1. The normalized spacial score (nSPS) is 14.0. The molecule has 7 heteroatoms. The van der Waals surface area contributed by atoms with Crippen LogP contribution in [0.2, 0.25) is 0 Å². The Labute approximate surface area is 126 Å². The van der Waals surface area contributed by atoms with Gasteiger partial charge in [0.2, 0.25) is 15.9 Å². The van der Waals surface area contributed by atoms with E-state index < -0.39 is 22.0 Å². The van der Waals surface area contributed by atoms with Crippen molar-refractivity contribution in [2.45, 2.75) is 38.6 Å². The molecule has 1 unspecified atom stereocenters. The lowest BCUT2D eigenvalue weighted by Gasteiger charge is -2.30. The van der Waals surface area contributed by atoms with E-state index in [4.69, 9.17) is 11.5 Å². The second-order valence-corrected chi connectivity index (χ2v) is 7.83.